The number of hydrogen-bond donors (Lipinski definition) is 5. The summed E-state index contributed by atoms with van der Waals surface area (Å²) in [6.07, 6.45) is -1.58. The van der Waals surface area contributed by atoms with Crippen molar-refractivity contribution in [2.75, 3.05) is 26.0 Å². The maximum Gasteiger partial charge on any atom is 1.00 e. The van der Waals surface area contributed by atoms with Crippen molar-refractivity contribution in [2.45, 2.75) is 59.5 Å². The molecule has 0 aromatic rings. The van der Waals surface area contributed by atoms with Crippen LogP contribution in [0.2, 0.25) is 0 Å². The molecule has 4 unspecified atom stereocenters. The number of ketones is 2. The predicted octanol–water partition coefficient (Wildman–Crippen LogP) is -15.2. The van der Waals surface area contributed by atoms with E-state index in [0.29, 0.717) is 14.7 Å². The van der Waals surface area contributed by atoms with Crippen LogP contribution in [0.4, 0.5) is 0 Å². The van der Waals surface area contributed by atoms with Crippen molar-refractivity contribution in [2.24, 2.45) is 0 Å². The summed E-state index contributed by atoms with van der Waals surface area (Å²) in [5, 5.41) is 70.8. The largest absolute Gasteiger partial charge is 1.00 e. The summed E-state index contributed by atoms with van der Waals surface area (Å²) in [7, 11) is 5.70. The van der Waals surface area contributed by atoms with Crippen LogP contribution in [0.15, 0.2) is 0 Å². The molecule has 39 heavy (non-hydrogen) atoms. The molecule has 2 radical (unpaired) electrons. The number of Topliss-reactive ketones (excluding diaryl/α,β-unsaturated/α-hetero) is 2. The molecule has 15 nitrogen and oxygen atoms in total. The van der Waals surface area contributed by atoms with Gasteiger partial charge in [0.25, 0.3) is 0 Å². The molecular formula is C19H35BNa3O15P. The molecule has 1 heterocycles. The van der Waals surface area contributed by atoms with Gasteiger partial charge in [0.05, 0.1) is 32.0 Å². The molecule has 1 aliphatic rings. The average molecular weight is 614 g/mol. The molecule has 5 N–H and O–H groups in total. The van der Waals surface area contributed by atoms with Crippen LogP contribution in [0.5, 0.6) is 0 Å². The first-order chi connectivity index (χ1) is 15.6. The van der Waals surface area contributed by atoms with Gasteiger partial charge >= 0.3 is 88.7 Å². The first kappa shape index (κ1) is 63.1. The fourth-order valence-electron chi connectivity index (χ4n) is 1.18. The smallest absolute Gasteiger partial charge is 0.544 e. The first-order valence-electron chi connectivity index (χ1n) is 9.08. The summed E-state index contributed by atoms with van der Waals surface area (Å²) in [5.41, 5.74) is 0. The topological polar surface area (TPSA) is 282 Å². The number of carbonyl (C=O) groups is 6. The number of carboxylic acid groups (broad SMARTS) is 3. The molecule has 0 aromatic heterocycles. The Balaban J connectivity index is -0.0000000419. The Kier molecular flexibility index (Phi) is 66.0. The Morgan fingerprint density at radius 2 is 1.44 bits per heavy atom. The molecule has 1 fully saturated rings. The van der Waals surface area contributed by atoms with Crippen LogP contribution in [0.25, 0.3) is 0 Å². The molecule has 0 aromatic carbocycles. The Morgan fingerprint density at radius 3 is 1.56 bits per heavy atom. The number of aliphatic hydroxyl groups is 5. The van der Waals surface area contributed by atoms with Crippen molar-refractivity contribution < 1.29 is 163 Å². The van der Waals surface area contributed by atoms with Crippen molar-refractivity contribution in [1.29, 1.82) is 0 Å². The molecule has 4 atom stereocenters. The minimum absolute atomic E-state index is 0. The molecule has 0 saturated carbocycles. The van der Waals surface area contributed by atoms with Crippen molar-refractivity contribution in [3.8, 4) is 0 Å². The monoisotopic (exact) mass is 614 g/mol. The number of carboxylic acids is 3. The Hall–Kier alpha value is 0.675. The van der Waals surface area contributed by atoms with Gasteiger partial charge in [0.1, 0.15) is 31.8 Å². The summed E-state index contributed by atoms with van der Waals surface area (Å²) in [6, 6.07) is 0. The SMILES string of the molecule is C.C.CC(=O)C(=O)[O-].O=C([O-])C(=O)CC(O)CO.O=C([O-])C1(O)CC(O)CO1.O=CCO.[B]PCC.[Na+].[Na+].[Na+]. The minimum atomic E-state index is -2.28. The third-order valence-electron chi connectivity index (χ3n) is 2.77. The van der Waals surface area contributed by atoms with E-state index in [-0.39, 0.29) is 123 Å². The quantitative estimate of drug-likeness (QED) is 0.0734. The fraction of sp³-hybridized carbons (Fsp3) is 0.684. The van der Waals surface area contributed by atoms with Crippen LogP contribution in [0, 0.1) is 0 Å². The van der Waals surface area contributed by atoms with Gasteiger partial charge in [-0.3, -0.25) is 9.59 Å². The second-order valence-electron chi connectivity index (χ2n) is 5.74. The molecule has 1 saturated heterocycles. The predicted molar refractivity (Wildman–Crippen MR) is 121 cm³/mol. The molecule has 1 aliphatic heterocycles. The standard InChI is InChI=1S/2C5H8O5.C3H4O3.C2H6BP.C2H4O2.2CH4.3Na/c6-3-1-5(9,4(7)8)10-2-3;6-2-3(7)1-4(8)5(9)10;1-2(4)3(5)6;1-2-4-3;3-1-2-4;;;;;/h3,6,9H,1-2H2,(H,7,8);3,6-7H,1-2H2,(H,9,10);1H3,(H,5,6);4H,2H2,1H3;1,4H,2H2;2*1H4;;;/q;;;;;;;3*+1/p-3. The Labute approximate surface area is 297 Å². The summed E-state index contributed by atoms with van der Waals surface area (Å²) in [5.74, 6) is -9.59. The molecular weight excluding hydrogens is 579 g/mol. The van der Waals surface area contributed by atoms with E-state index >= 15 is 0 Å². The van der Waals surface area contributed by atoms with Gasteiger partial charge in [-0.1, -0.05) is 21.8 Å². The van der Waals surface area contributed by atoms with Gasteiger partial charge in [-0.05, 0) is 6.16 Å². The number of aliphatic carboxylic acids is 3. The average Bonchev–Trinajstić information content (AvgIpc) is 3.14. The minimum Gasteiger partial charge on any atom is -0.544 e. The van der Waals surface area contributed by atoms with Gasteiger partial charge in [0.2, 0.25) is 5.79 Å². The van der Waals surface area contributed by atoms with Crippen LogP contribution in [-0.2, 0) is 33.5 Å². The van der Waals surface area contributed by atoms with Gasteiger partial charge in [-0.25, -0.2) is 0 Å². The third-order valence-corrected chi connectivity index (χ3v) is 3.18. The van der Waals surface area contributed by atoms with Crippen LogP contribution in [0.1, 0.15) is 41.5 Å². The third kappa shape index (κ3) is 45.9. The van der Waals surface area contributed by atoms with Crippen molar-refractivity contribution in [3.63, 3.8) is 0 Å². The molecule has 0 bridgehead atoms. The maximum atomic E-state index is 10.2. The number of hydrogen-bond acceptors (Lipinski definition) is 15. The fourth-order valence-corrected chi connectivity index (χ4v) is 1.18. The zero-order valence-corrected chi connectivity index (χ0v) is 28.4. The summed E-state index contributed by atoms with van der Waals surface area (Å²) in [4.78, 5) is 57.6. The van der Waals surface area contributed by atoms with Crippen molar-refractivity contribution in [3.05, 3.63) is 0 Å². The van der Waals surface area contributed by atoms with Crippen molar-refractivity contribution in [1.82, 2.24) is 0 Å². The first-order valence-corrected chi connectivity index (χ1v) is 10.4. The van der Waals surface area contributed by atoms with E-state index in [9.17, 15) is 39.3 Å². The van der Waals surface area contributed by atoms with Crippen LogP contribution >= 0.6 is 8.46 Å². The molecule has 1 rings (SSSR count). The zero-order valence-electron chi connectivity index (χ0n) is 21.4. The molecule has 20 heteroatoms. The maximum absolute atomic E-state index is 10.2. The second kappa shape index (κ2) is 40.8. The normalized spacial score (nSPS) is 16.3. The number of rotatable bonds is 8. The number of aldehydes is 1. The van der Waals surface area contributed by atoms with E-state index < -0.39 is 60.5 Å². The number of ether oxygens (including phenoxy) is 1. The Morgan fingerprint density at radius 1 is 1.08 bits per heavy atom. The van der Waals surface area contributed by atoms with Crippen molar-refractivity contribution >= 4 is 51.8 Å². The molecule has 0 amide bonds. The van der Waals surface area contributed by atoms with Gasteiger partial charge in [-0.15, -0.1) is 0 Å². The number of aliphatic hydroxyl groups excluding tert-OH is 4. The van der Waals surface area contributed by atoms with Gasteiger partial charge in [-0.2, -0.15) is 8.46 Å². The molecule has 0 spiro atoms. The van der Waals surface area contributed by atoms with Crippen LogP contribution in [-0.4, -0.2) is 113 Å². The number of carbonyl (C=O) groups excluding carboxylic acids is 6. The van der Waals surface area contributed by atoms with E-state index in [1.54, 1.807) is 0 Å². The van der Waals surface area contributed by atoms with E-state index in [0.717, 1.165) is 13.1 Å². The van der Waals surface area contributed by atoms with E-state index in [2.05, 4.69) is 11.7 Å². The summed E-state index contributed by atoms with van der Waals surface area (Å²) >= 11 is 0. The van der Waals surface area contributed by atoms with Gasteiger partial charge in [0, 0.05) is 19.8 Å². The van der Waals surface area contributed by atoms with Gasteiger partial charge in [0.15, 0.2) is 11.6 Å². The zero-order chi connectivity index (χ0) is 27.9. The molecule has 0 aliphatic carbocycles. The summed E-state index contributed by atoms with van der Waals surface area (Å²) in [6.45, 7) is 1.86. The van der Waals surface area contributed by atoms with Crippen LogP contribution in [0.3, 0.4) is 0 Å². The van der Waals surface area contributed by atoms with E-state index in [1.807, 2.05) is 0 Å². The van der Waals surface area contributed by atoms with E-state index in [4.69, 9.17) is 37.9 Å². The van der Waals surface area contributed by atoms with E-state index in [1.165, 1.54) is 0 Å². The van der Waals surface area contributed by atoms with Gasteiger partial charge < -0.3 is 64.8 Å². The Bertz CT molecular complexity index is 633. The molecule has 212 valence electrons. The summed E-state index contributed by atoms with van der Waals surface area (Å²) < 4.78 is 4.36. The van der Waals surface area contributed by atoms with Crippen LogP contribution < -0.4 is 104 Å². The second-order valence-corrected chi connectivity index (χ2v) is 6.86.